The van der Waals surface area contributed by atoms with E-state index < -0.39 is 10.0 Å². The highest BCUT2D eigenvalue weighted by Gasteiger charge is 2.18. The van der Waals surface area contributed by atoms with Gasteiger partial charge in [0, 0.05) is 20.2 Å². The second kappa shape index (κ2) is 8.83. The van der Waals surface area contributed by atoms with Crippen molar-refractivity contribution in [3.05, 3.63) is 42.0 Å². The van der Waals surface area contributed by atoms with Crippen LogP contribution in [0.1, 0.15) is 5.56 Å². The molecule has 28 heavy (non-hydrogen) atoms. The molecular weight excluding hydrogens is 384 g/mol. The van der Waals surface area contributed by atoms with Crippen molar-refractivity contribution in [3.63, 3.8) is 0 Å². The number of amides is 1. The molecule has 1 amide bonds. The lowest BCUT2D eigenvalue weighted by molar-refractivity contribution is -0.130. The Morgan fingerprint density at radius 2 is 1.75 bits per heavy atom. The third kappa shape index (κ3) is 5.07. The second-order valence-corrected chi connectivity index (χ2v) is 7.86. The highest BCUT2D eigenvalue weighted by Crippen LogP contribution is 2.31. The van der Waals surface area contributed by atoms with E-state index in [1.54, 1.807) is 39.2 Å². The van der Waals surface area contributed by atoms with Crippen molar-refractivity contribution in [1.29, 1.82) is 0 Å². The number of hydrogen-bond donors (Lipinski definition) is 1. The fourth-order valence-corrected chi connectivity index (χ4v) is 3.46. The third-order valence-electron chi connectivity index (χ3n) is 3.96. The first-order valence-electron chi connectivity index (χ1n) is 8.36. The van der Waals surface area contributed by atoms with Gasteiger partial charge in [0.05, 0.1) is 24.8 Å². The predicted octanol–water partition coefficient (Wildman–Crippen LogP) is 2.28. The number of nitrogens with one attached hydrogen (secondary N) is 1. The lowest BCUT2D eigenvalue weighted by atomic mass is 10.2. The van der Waals surface area contributed by atoms with Gasteiger partial charge in [0.15, 0.2) is 6.61 Å². The van der Waals surface area contributed by atoms with Crippen LogP contribution in [-0.2, 0) is 14.8 Å². The minimum atomic E-state index is -3.85. The van der Waals surface area contributed by atoms with Crippen molar-refractivity contribution < 1.29 is 27.4 Å². The summed E-state index contributed by atoms with van der Waals surface area (Å²) in [5, 5.41) is 0. The van der Waals surface area contributed by atoms with E-state index in [4.69, 9.17) is 14.2 Å². The summed E-state index contributed by atoms with van der Waals surface area (Å²) in [4.78, 5) is 13.1. The number of rotatable bonds is 8. The van der Waals surface area contributed by atoms with Crippen LogP contribution in [0.4, 0.5) is 5.69 Å². The number of aryl methyl sites for hydroxylation is 1. The molecule has 0 radical (unpaired) electrons. The van der Waals surface area contributed by atoms with E-state index in [-0.39, 0.29) is 23.1 Å². The lowest BCUT2D eigenvalue weighted by Gasteiger charge is -2.15. The largest absolute Gasteiger partial charge is 0.497 e. The number of sulfonamides is 1. The number of hydrogen-bond acceptors (Lipinski definition) is 6. The standard InChI is InChI=1S/C19H24N2O6S/c1-13-10-15(7-9-17(13)27-12-19(22)21(2)3)28(23,24)20-16-8-6-14(25-4)11-18(16)26-5/h6-11,20H,12H2,1-5H3. The first-order chi connectivity index (χ1) is 13.2. The summed E-state index contributed by atoms with van der Waals surface area (Å²) in [5.74, 6) is 1.13. The molecule has 0 saturated carbocycles. The molecule has 1 N–H and O–H groups in total. The Bertz CT molecular complexity index is 957. The fourth-order valence-electron chi connectivity index (χ4n) is 2.31. The molecule has 0 fully saturated rings. The Morgan fingerprint density at radius 1 is 1.04 bits per heavy atom. The van der Waals surface area contributed by atoms with E-state index in [0.717, 1.165) is 0 Å². The van der Waals surface area contributed by atoms with Crippen molar-refractivity contribution in [2.75, 3.05) is 39.6 Å². The van der Waals surface area contributed by atoms with Gasteiger partial charge in [-0.3, -0.25) is 9.52 Å². The average Bonchev–Trinajstić information content (AvgIpc) is 2.66. The zero-order chi connectivity index (χ0) is 20.9. The number of methoxy groups -OCH3 is 2. The highest BCUT2D eigenvalue weighted by atomic mass is 32.2. The van der Waals surface area contributed by atoms with Crippen molar-refractivity contribution >= 4 is 21.6 Å². The molecule has 0 unspecified atom stereocenters. The van der Waals surface area contributed by atoms with Gasteiger partial charge in [-0.05, 0) is 42.8 Å². The third-order valence-corrected chi connectivity index (χ3v) is 5.32. The highest BCUT2D eigenvalue weighted by molar-refractivity contribution is 7.92. The number of carbonyl (C=O) groups is 1. The number of ether oxygens (including phenoxy) is 3. The number of nitrogens with zero attached hydrogens (tertiary/aromatic N) is 1. The molecule has 0 aliphatic rings. The molecule has 0 spiro atoms. The van der Waals surface area contributed by atoms with E-state index in [2.05, 4.69) is 4.72 Å². The molecule has 152 valence electrons. The Morgan fingerprint density at radius 3 is 2.32 bits per heavy atom. The number of carbonyl (C=O) groups excluding carboxylic acids is 1. The molecule has 8 nitrogen and oxygen atoms in total. The van der Waals surface area contributed by atoms with Gasteiger partial charge in [-0.2, -0.15) is 0 Å². The Balaban J connectivity index is 2.22. The monoisotopic (exact) mass is 408 g/mol. The van der Waals surface area contributed by atoms with E-state index in [1.165, 1.54) is 37.3 Å². The van der Waals surface area contributed by atoms with Crippen LogP contribution in [0, 0.1) is 6.92 Å². The molecule has 0 heterocycles. The van der Waals surface area contributed by atoms with Crippen LogP contribution in [0.15, 0.2) is 41.3 Å². The molecule has 2 aromatic rings. The molecular formula is C19H24N2O6S. The van der Waals surface area contributed by atoms with E-state index >= 15 is 0 Å². The topological polar surface area (TPSA) is 94.2 Å². The first kappa shape index (κ1) is 21.4. The summed E-state index contributed by atoms with van der Waals surface area (Å²) >= 11 is 0. The maximum atomic E-state index is 12.7. The summed E-state index contributed by atoms with van der Waals surface area (Å²) in [6.45, 7) is 1.59. The van der Waals surface area contributed by atoms with Gasteiger partial charge in [-0.15, -0.1) is 0 Å². The minimum absolute atomic E-state index is 0.0640. The molecule has 0 bridgehead atoms. The van der Waals surface area contributed by atoms with E-state index in [0.29, 0.717) is 22.8 Å². The van der Waals surface area contributed by atoms with Crippen LogP contribution in [0.3, 0.4) is 0 Å². The SMILES string of the molecule is COc1ccc(NS(=O)(=O)c2ccc(OCC(=O)N(C)C)c(C)c2)c(OC)c1. The van der Waals surface area contributed by atoms with Crippen LogP contribution in [0.2, 0.25) is 0 Å². The number of anilines is 1. The lowest BCUT2D eigenvalue weighted by Crippen LogP contribution is -2.27. The van der Waals surface area contributed by atoms with Crippen LogP contribution in [0.5, 0.6) is 17.2 Å². The van der Waals surface area contributed by atoms with Gasteiger partial charge >= 0.3 is 0 Å². The quantitative estimate of drug-likeness (QED) is 0.720. The predicted molar refractivity (Wildman–Crippen MR) is 106 cm³/mol. The van der Waals surface area contributed by atoms with E-state index in [9.17, 15) is 13.2 Å². The van der Waals surface area contributed by atoms with Gasteiger partial charge < -0.3 is 19.1 Å². The molecule has 0 saturated heterocycles. The summed E-state index contributed by atoms with van der Waals surface area (Å²) in [6.07, 6.45) is 0. The second-order valence-electron chi connectivity index (χ2n) is 6.18. The zero-order valence-electron chi connectivity index (χ0n) is 16.5. The van der Waals surface area contributed by atoms with Crippen LogP contribution < -0.4 is 18.9 Å². The average molecular weight is 408 g/mol. The van der Waals surface area contributed by atoms with Crippen molar-refractivity contribution in [1.82, 2.24) is 4.90 Å². The van der Waals surface area contributed by atoms with Crippen LogP contribution in [0.25, 0.3) is 0 Å². The van der Waals surface area contributed by atoms with Gasteiger partial charge in [0.25, 0.3) is 15.9 Å². The van der Waals surface area contributed by atoms with Crippen molar-refractivity contribution in [3.8, 4) is 17.2 Å². The zero-order valence-corrected chi connectivity index (χ0v) is 17.3. The summed E-state index contributed by atoms with van der Waals surface area (Å²) in [5.41, 5.74) is 0.883. The van der Waals surface area contributed by atoms with Gasteiger partial charge in [0.1, 0.15) is 17.2 Å². The fraction of sp³-hybridized carbons (Fsp3) is 0.316. The molecule has 0 aliphatic heterocycles. The van der Waals surface area contributed by atoms with Crippen molar-refractivity contribution in [2.24, 2.45) is 0 Å². The van der Waals surface area contributed by atoms with Gasteiger partial charge in [-0.25, -0.2) is 8.42 Å². The molecule has 9 heteroatoms. The molecule has 0 aromatic heterocycles. The Kier molecular flexibility index (Phi) is 6.74. The van der Waals surface area contributed by atoms with Gasteiger partial charge in [0.2, 0.25) is 0 Å². The Labute approximate surface area is 165 Å². The van der Waals surface area contributed by atoms with Crippen molar-refractivity contribution in [2.45, 2.75) is 11.8 Å². The summed E-state index contributed by atoms with van der Waals surface area (Å²) < 4.78 is 43.8. The smallest absolute Gasteiger partial charge is 0.262 e. The van der Waals surface area contributed by atoms with Gasteiger partial charge in [-0.1, -0.05) is 0 Å². The Hall–Kier alpha value is -2.94. The number of likely N-dealkylation sites (N-methyl/N-ethyl adjacent to an activating group) is 1. The van der Waals surface area contributed by atoms with Crippen LogP contribution in [-0.4, -0.2) is 54.1 Å². The maximum absolute atomic E-state index is 12.7. The van der Waals surface area contributed by atoms with Crippen LogP contribution >= 0.6 is 0 Å². The first-order valence-corrected chi connectivity index (χ1v) is 9.84. The molecule has 0 atom stereocenters. The molecule has 0 aliphatic carbocycles. The molecule has 2 aromatic carbocycles. The van der Waals surface area contributed by atoms with E-state index in [1.807, 2.05) is 0 Å². The maximum Gasteiger partial charge on any atom is 0.262 e. The normalized spacial score (nSPS) is 10.9. The minimum Gasteiger partial charge on any atom is -0.497 e. The summed E-state index contributed by atoms with van der Waals surface area (Å²) in [6, 6.07) is 9.20. The number of benzene rings is 2. The molecule has 2 rings (SSSR count). The summed E-state index contributed by atoms with van der Waals surface area (Å²) in [7, 11) is 2.37.